The highest BCUT2D eigenvalue weighted by Gasteiger charge is 2.37. The van der Waals surface area contributed by atoms with Gasteiger partial charge in [-0.05, 0) is 17.7 Å². The molecule has 0 radical (unpaired) electrons. The minimum atomic E-state index is -1.81. The number of fused-ring (bicyclic) bond motifs is 1. The maximum atomic E-state index is 6.08. The summed E-state index contributed by atoms with van der Waals surface area (Å²) in [7, 11) is -1.81. The molecule has 0 amide bonds. The van der Waals surface area contributed by atoms with Crippen LogP contribution in [0.1, 0.15) is 39.2 Å². The lowest BCUT2D eigenvalue weighted by molar-refractivity contribution is -0.223. The molecule has 0 bridgehead atoms. The third-order valence-corrected chi connectivity index (χ3v) is 6.16. The fourth-order valence-corrected chi connectivity index (χ4v) is 3.74. The molecule has 0 spiro atoms. The van der Waals surface area contributed by atoms with Crippen LogP contribution in [0.3, 0.4) is 0 Å². The van der Waals surface area contributed by atoms with Gasteiger partial charge >= 0.3 is 0 Å². The standard InChI is InChI=1S/C14H20Cl2O2Si/c1-4-5-10(2)14(3)17-9-11-8-12(19(15)16)6-7-13(11)18-14/h6-8,10,19H,4-5,9H2,1-3H3. The van der Waals surface area contributed by atoms with E-state index in [-0.39, 0.29) is 0 Å². The van der Waals surface area contributed by atoms with E-state index in [1.807, 2.05) is 25.1 Å². The summed E-state index contributed by atoms with van der Waals surface area (Å²) in [4.78, 5) is 0. The molecule has 5 heteroatoms. The van der Waals surface area contributed by atoms with E-state index in [9.17, 15) is 0 Å². The monoisotopic (exact) mass is 318 g/mol. The van der Waals surface area contributed by atoms with E-state index in [0.717, 1.165) is 29.3 Å². The molecular weight excluding hydrogens is 299 g/mol. The van der Waals surface area contributed by atoms with Crippen LogP contribution < -0.4 is 9.92 Å². The molecule has 1 heterocycles. The van der Waals surface area contributed by atoms with Gasteiger partial charge in [0.15, 0.2) is 0 Å². The third kappa shape index (κ3) is 3.27. The predicted octanol–water partition coefficient (Wildman–Crippen LogP) is 3.65. The Balaban J connectivity index is 2.20. The largest absolute Gasteiger partial charge is 0.462 e. The van der Waals surface area contributed by atoms with E-state index >= 15 is 0 Å². The van der Waals surface area contributed by atoms with E-state index < -0.39 is 13.2 Å². The average Bonchev–Trinajstić information content (AvgIpc) is 2.38. The van der Waals surface area contributed by atoms with Crippen molar-refractivity contribution in [3.8, 4) is 5.75 Å². The van der Waals surface area contributed by atoms with E-state index in [4.69, 9.17) is 31.6 Å². The topological polar surface area (TPSA) is 18.5 Å². The van der Waals surface area contributed by atoms with E-state index in [1.165, 1.54) is 0 Å². The van der Waals surface area contributed by atoms with Crippen LogP contribution in [-0.2, 0) is 11.3 Å². The number of rotatable bonds is 4. The maximum Gasteiger partial charge on any atom is 0.266 e. The fourth-order valence-electron chi connectivity index (χ4n) is 2.35. The second kappa shape index (κ2) is 6.04. The van der Waals surface area contributed by atoms with Gasteiger partial charge in [0.05, 0.1) is 6.61 Å². The summed E-state index contributed by atoms with van der Waals surface area (Å²) in [5.74, 6) is 0.709. The van der Waals surface area contributed by atoms with Gasteiger partial charge in [-0.2, -0.15) is 0 Å². The van der Waals surface area contributed by atoms with Crippen LogP contribution in [0.5, 0.6) is 5.75 Å². The number of hydrogen-bond acceptors (Lipinski definition) is 2. The molecule has 2 atom stereocenters. The van der Waals surface area contributed by atoms with Crippen molar-refractivity contribution < 1.29 is 9.47 Å². The molecule has 1 aromatic carbocycles. The van der Waals surface area contributed by atoms with Crippen molar-refractivity contribution in [1.29, 1.82) is 0 Å². The van der Waals surface area contributed by atoms with Crippen molar-refractivity contribution in [3.05, 3.63) is 23.8 Å². The van der Waals surface area contributed by atoms with Crippen molar-refractivity contribution in [1.82, 2.24) is 0 Å². The minimum absolute atomic E-state index is 0.355. The van der Waals surface area contributed by atoms with Gasteiger partial charge in [-0.15, -0.1) is 22.2 Å². The van der Waals surface area contributed by atoms with E-state index in [1.54, 1.807) is 0 Å². The molecular formula is C14H20Cl2O2Si. The lowest BCUT2D eigenvalue weighted by atomic mass is 9.96. The highest BCUT2D eigenvalue weighted by molar-refractivity contribution is 7.39. The first-order valence-electron chi connectivity index (χ1n) is 6.70. The molecule has 0 aliphatic carbocycles. The highest BCUT2D eigenvalue weighted by atomic mass is 35.7. The van der Waals surface area contributed by atoms with Crippen molar-refractivity contribution in [3.63, 3.8) is 0 Å². The van der Waals surface area contributed by atoms with E-state index in [0.29, 0.717) is 12.5 Å². The van der Waals surface area contributed by atoms with Gasteiger partial charge in [0.2, 0.25) is 5.79 Å². The first kappa shape index (κ1) is 15.2. The maximum absolute atomic E-state index is 6.08. The highest BCUT2D eigenvalue weighted by Crippen LogP contribution is 2.36. The molecule has 1 aliphatic rings. The molecule has 0 saturated heterocycles. The van der Waals surface area contributed by atoms with Crippen LogP contribution in [0, 0.1) is 5.92 Å². The number of hydrogen-bond donors (Lipinski definition) is 0. The number of benzene rings is 1. The predicted molar refractivity (Wildman–Crippen MR) is 82.8 cm³/mol. The summed E-state index contributed by atoms with van der Waals surface area (Å²) in [5, 5.41) is 1.01. The summed E-state index contributed by atoms with van der Waals surface area (Å²) in [6.45, 7) is 6.92. The summed E-state index contributed by atoms with van der Waals surface area (Å²) >= 11 is 12.0. The Labute approximate surface area is 126 Å². The molecule has 0 N–H and O–H groups in total. The smallest absolute Gasteiger partial charge is 0.266 e. The zero-order valence-electron chi connectivity index (χ0n) is 11.6. The van der Waals surface area contributed by atoms with Gasteiger partial charge in [0, 0.05) is 18.4 Å². The van der Waals surface area contributed by atoms with Crippen LogP contribution in [0.25, 0.3) is 0 Å². The summed E-state index contributed by atoms with van der Waals surface area (Å²) in [6.07, 6.45) is 2.21. The molecule has 2 unspecified atom stereocenters. The van der Waals surface area contributed by atoms with Crippen molar-refractivity contribution in [2.24, 2.45) is 5.92 Å². The van der Waals surface area contributed by atoms with Crippen molar-refractivity contribution >= 4 is 34.8 Å². The lowest BCUT2D eigenvalue weighted by Crippen LogP contribution is -2.45. The Morgan fingerprint density at radius 3 is 2.79 bits per heavy atom. The van der Waals surface area contributed by atoms with Crippen LogP contribution in [-0.4, -0.2) is 13.2 Å². The van der Waals surface area contributed by atoms with Gasteiger partial charge in [-0.3, -0.25) is 0 Å². The van der Waals surface area contributed by atoms with Gasteiger partial charge in [0.1, 0.15) is 5.75 Å². The Kier molecular flexibility index (Phi) is 4.82. The Hall–Kier alpha value is -0.223. The quantitative estimate of drug-likeness (QED) is 0.623. The molecule has 1 aromatic rings. The third-order valence-electron chi connectivity index (χ3n) is 3.78. The summed E-state index contributed by atoms with van der Waals surface area (Å²) in [5.41, 5.74) is 1.04. The molecule has 106 valence electrons. The van der Waals surface area contributed by atoms with Crippen LogP contribution >= 0.6 is 22.2 Å². The Morgan fingerprint density at radius 2 is 2.16 bits per heavy atom. The van der Waals surface area contributed by atoms with Gasteiger partial charge < -0.3 is 9.47 Å². The molecule has 0 fully saturated rings. The fraction of sp³-hybridized carbons (Fsp3) is 0.571. The van der Waals surface area contributed by atoms with Crippen LogP contribution in [0.4, 0.5) is 0 Å². The summed E-state index contributed by atoms with van der Waals surface area (Å²) < 4.78 is 12.0. The van der Waals surface area contributed by atoms with Gasteiger partial charge in [-0.1, -0.05) is 32.4 Å². The van der Waals surface area contributed by atoms with E-state index in [2.05, 4.69) is 13.8 Å². The van der Waals surface area contributed by atoms with Crippen molar-refractivity contribution in [2.45, 2.75) is 46.0 Å². The van der Waals surface area contributed by atoms with Crippen LogP contribution in [0.2, 0.25) is 0 Å². The zero-order valence-corrected chi connectivity index (χ0v) is 14.2. The molecule has 1 aliphatic heterocycles. The number of ether oxygens (including phenoxy) is 2. The Bertz CT molecular complexity index is 453. The molecule has 19 heavy (non-hydrogen) atoms. The summed E-state index contributed by atoms with van der Waals surface area (Å²) in [6, 6.07) is 5.94. The van der Waals surface area contributed by atoms with Crippen molar-refractivity contribution in [2.75, 3.05) is 0 Å². The van der Waals surface area contributed by atoms with Gasteiger partial charge in [-0.25, -0.2) is 0 Å². The second-order valence-corrected chi connectivity index (χ2v) is 9.82. The SMILES string of the molecule is CCCC(C)C1(C)OCc2cc([SiH](Cl)Cl)ccc2O1. The zero-order chi connectivity index (χ0) is 14.0. The molecule has 0 aromatic heterocycles. The Morgan fingerprint density at radius 1 is 1.42 bits per heavy atom. The number of halogens is 2. The molecule has 2 rings (SSSR count). The molecule has 2 nitrogen and oxygen atoms in total. The minimum Gasteiger partial charge on any atom is -0.462 e. The van der Waals surface area contributed by atoms with Crippen LogP contribution in [0.15, 0.2) is 18.2 Å². The second-order valence-electron chi connectivity index (χ2n) is 5.26. The molecule has 0 saturated carbocycles. The first-order valence-corrected chi connectivity index (χ1v) is 10.8. The lowest BCUT2D eigenvalue weighted by Gasteiger charge is -2.40. The normalized spacial score (nSPS) is 23.9. The van der Waals surface area contributed by atoms with Gasteiger partial charge in [0.25, 0.3) is 7.42 Å². The first-order chi connectivity index (χ1) is 8.96. The average molecular weight is 319 g/mol.